The van der Waals surface area contributed by atoms with Gasteiger partial charge in [0.15, 0.2) is 0 Å². The summed E-state index contributed by atoms with van der Waals surface area (Å²) in [5.74, 6) is 0.0806. The molecule has 6 N–H and O–H groups in total. The van der Waals surface area contributed by atoms with Crippen LogP contribution in [0.2, 0.25) is 0 Å². The van der Waals surface area contributed by atoms with Gasteiger partial charge in [-0.05, 0) is 134 Å². The molecule has 6 aromatic rings. The summed E-state index contributed by atoms with van der Waals surface area (Å²) in [6.07, 6.45) is 9.30. The number of rotatable bonds is 10. The Kier molecular flexibility index (Phi) is 11.6. The zero-order valence-corrected chi connectivity index (χ0v) is 44.0. The number of carbonyl (C=O) groups excluding carboxylic acids is 7. The molecule has 17 nitrogen and oxygen atoms in total. The van der Waals surface area contributed by atoms with E-state index < -0.39 is 33.0 Å². The highest BCUT2D eigenvalue weighted by Gasteiger charge is 2.64. The van der Waals surface area contributed by atoms with Crippen molar-refractivity contribution in [3.8, 4) is 0 Å². The molecule has 16 rings (SSSR count). The lowest BCUT2D eigenvalue weighted by atomic mass is 9.68. The van der Waals surface area contributed by atoms with E-state index in [1.165, 1.54) is 4.90 Å². The molecule has 0 radical (unpaired) electrons. The van der Waals surface area contributed by atoms with Crippen LogP contribution in [0.25, 0.3) is 0 Å². The van der Waals surface area contributed by atoms with Crippen molar-refractivity contribution in [1.29, 1.82) is 0 Å². The molecule has 400 valence electrons. The summed E-state index contributed by atoms with van der Waals surface area (Å²) in [5, 5.41) is 18.3. The number of pyridine rings is 2. The Morgan fingerprint density at radius 3 is 1.53 bits per heavy atom. The third-order valence-electron chi connectivity index (χ3n) is 18.9. The molecule has 4 unspecified atom stereocenters. The predicted molar refractivity (Wildman–Crippen MR) is 294 cm³/mol. The minimum absolute atomic E-state index is 0.00285. The van der Waals surface area contributed by atoms with Crippen LogP contribution in [0.3, 0.4) is 0 Å². The van der Waals surface area contributed by atoms with E-state index in [1.807, 2.05) is 135 Å². The van der Waals surface area contributed by atoms with Crippen LogP contribution in [0.5, 0.6) is 0 Å². The smallest absolute Gasteiger partial charge is 0.251 e. The molecule has 2 spiro atoms. The number of piperazine rings is 2. The highest BCUT2D eigenvalue weighted by molar-refractivity contribution is 6.09. The number of hydrogen-bond acceptors (Lipinski definition) is 10. The lowest BCUT2D eigenvalue weighted by molar-refractivity contribution is -0.174. The fraction of sp³-hybridized carbons (Fsp3) is 0.339. The number of aromatic nitrogens is 2. The van der Waals surface area contributed by atoms with Gasteiger partial charge in [-0.2, -0.15) is 0 Å². The second-order valence-corrected chi connectivity index (χ2v) is 22.7. The van der Waals surface area contributed by atoms with Crippen LogP contribution in [-0.4, -0.2) is 91.8 Å². The second kappa shape index (κ2) is 18.3. The third kappa shape index (κ3) is 7.48. The number of carbonyl (C=O) groups is 7. The molecule has 2 aromatic heterocycles. The molecular weight excluding hydrogens is 997 g/mol. The molecule has 6 fully saturated rings. The summed E-state index contributed by atoms with van der Waals surface area (Å²) in [6.45, 7) is 4.28. The van der Waals surface area contributed by atoms with E-state index in [2.05, 4.69) is 41.9 Å². The molecule has 0 saturated carbocycles. The van der Waals surface area contributed by atoms with Crippen molar-refractivity contribution in [3.63, 3.8) is 0 Å². The SMILES string of the molecule is CCC12CCC(c3ccccc3)(C(=O)N1)N(CC(=O)Nc1ccc3c(c1)C[C@@]1(C3)C(=O)Nc3ncccc31)C2=O.CCC12CCC(c3ccccc3)(CN1)N(CC(=O)Nc1ccc3c(c1)C[C@@]1(C3)C(=O)Nc3ncccc31)C2=O. The van der Waals surface area contributed by atoms with Crippen LogP contribution in [0, 0.1) is 0 Å². The standard InChI is InChI=1S/C31H29N5O4.C31H31N5O3/c1-2-30-12-13-31(27(39)35-30,21-7-4-3-5-8-21)36(28(30)40)18-24(37)33-22-11-10-19-16-29(17-20(19)15-22)23-9-6-14-32-25(23)34-26(29)38;1-2-30-12-13-31(19-33-30,22-7-4-3-5-8-22)36(28(30)39)18-25(37)34-23-11-10-20-16-29(17-21(20)15-23)24-9-6-14-32-26(24)35-27(29)38/h3-11,14-15H,2,12-13,16-18H2,1H3,(H,33,37)(H,35,39)(H,32,34,38);3-11,14-15,33H,2,12-13,16-19H2,1H3,(H,34,37)(H,32,35,38)/t2*29-,30?,31?/m11/s1. The predicted octanol–water partition coefficient (Wildman–Crippen LogP) is 6.08. The van der Waals surface area contributed by atoms with Crippen LogP contribution in [-0.2, 0) is 81.2 Å². The molecular formula is C62H60N10O7. The maximum absolute atomic E-state index is 13.8. The van der Waals surface area contributed by atoms with E-state index in [0.29, 0.717) is 86.5 Å². The van der Waals surface area contributed by atoms with Crippen molar-refractivity contribution < 1.29 is 33.6 Å². The maximum atomic E-state index is 13.8. The minimum Gasteiger partial charge on any atom is -0.339 e. The van der Waals surface area contributed by atoms with Crippen LogP contribution in [0.1, 0.15) is 96.9 Å². The molecule has 17 heteroatoms. The van der Waals surface area contributed by atoms with Gasteiger partial charge in [0, 0.05) is 41.4 Å². The molecule has 6 atom stereocenters. The van der Waals surface area contributed by atoms with Crippen LogP contribution in [0.15, 0.2) is 134 Å². The van der Waals surface area contributed by atoms with E-state index in [-0.39, 0.29) is 54.4 Å². The van der Waals surface area contributed by atoms with Crippen LogP contribution in [0.4, 0.5) is 23.0 Å². The summed E-state index contributed by atoms with van der Waals surface area (Å²) in [7, 11) is 0. The lowest BCUT2D eigenvalue weighted by Crippen LogP contribution is -2.78. The highest BCUT2D eigenvalue weighted by atomic mass is 16.2. The largest absolute Gasteiger partial charge is 0.339 e. The van der Waals surface area contributed by atoms with E-state index in [0.717, 1.165) is 51.8 Å². The van der Waals surface area contributed by atoms with Crippen molar-refractivity contribution in [3.05, 3.63) is 178 Å². The normalized spacial score (nSPS) is 28.1. The Hall–Kier alpha value is -8.57. The van der Waals surface area contributed by atoms with Gasteiger partial charge < -0.3 is 41.7 Å². The van der Waals surface area contributed by atoms with Gasteiger partial charge in [0.05, 0.1) is 21.9 Å². The molecule has 2 aliphatic carbocycles. The summed E-state index contributed by atoms with van der Waals surface area (Å²) >= 11 is 0. The van der Waals surface area contributed by atoms with Crippen LogP contribution < -0.4 is 31.9 Å². The lowest BCUT2D eigenvalue weighted by Gasteiger charge is -2.59. The Labute approximate surface area is 456 Å². The Morgan fingerprint density at radius 1 is 0.532 bits per heavy atom. The van der Waals surface area contributed by atoms with Crippen molar-refractivity contribution in [1.82, 2.24) is 30.4 Å². The molecule has 7 amide bonds. The fourth-order valence-electron chi connectivity index (χ4n) is 14.5. The van der Waals surface area contributed by atoms with Gasteiger partial charge in [0.2, 0.25) is 35.4 Å². The summed E-state index contributed by atoms with van der Waals surface area (Å²) in [5.41, 5.74) is 4.31. The van der Waals surface area contributed by atoms with Crippen LogP contribution >= 0.6 is 0 Å². The second-order valence-electron chi connectivity index (χ2n) is 22.7. The number of hydrogen-bond donors (Lipinski definition) is 6. The zero-order valence-electron chi connectivity index (χ0n) is 44.0. The van der Waals surface area contributed by atoms with Gasteiger partial charge in [0.1, 0.15) is 35.8 Å². The van der Waals surface area contributed by atoms with E-state index in [4.69, 9.17) is 0 Å². The number of fused-ring (bicyclic) bond motifs is 12. The van der Waals surface area contributed by atoms with Gasteiger partial charge in [-0.15, -0.1) is 0 Å². The fourth-order valence-corrected chi connectivity index (χ4v) is 14.5. The van der Waals surface area contributed by atoms with E-state index >= 15 is 0 Å². The van der Waals surface area contributed by atoms with Crippen molar-refractivity contribution >= 4 is 64.4 Å². The Bertz CT molecular complexity index is 3580. The molecule has 8 aliphatic heterocycles. The van der Waals surface area contributed by atoms with Gasteiger partial charge in [0.25, 0.3) is 5.91 Å². The quantitative estimate of drug-likeness (QED) is 0.0927. The summed E-state index contributed by atoms with van der Waals surface area (Å²) in [6, 6.07) is 38.4. The Balaban J connectivity index is 0.000000150. The van der Waals surface area contributed by atoms with E-state index in [9.17, 15) is 33.6 Å². The van der Waals surface area contributed by atoms with Crippen molar-refractivity contribution in [2.24, 2.45) is 0 Å². The summed E-state index contributed by atoms with van der Waals surface area (Å²) < 4.78 is 0. The molecule has 4 aromatic carbocycles. The molecule has 10 heterocycles. The average molecular weight is 1060 g/mol. The number of nitrogens with zero attached hydrogens (tertiary/aromatic N) is 4. The number of amides is 7. The number of piperidine rings is 4. The maximum Gasteiger partial charge on any atom is 0.251 e. The molecule has 79 heavy (non-hydrogen) atoms. The minimum atomic E-state index is -1.23. The van der Waals surface area contributed by atoms with E-state index in [1.54, 1.807) is 17.3 Å². The topological polar surface area (TPSA) is 224 Å². The molecule has 6 saturated heterocycles. The molecule has 4 bridgehead atoms. The zero-order chi connectivity index (χ0) is 54.5. The number of nitrogens with one attached hydrogen (secondary N) is 6. The van der Waals surface area contributed by atoms with Gasteiger partial charge in [-0.1, -0.05) is 98.8 Å². The van der Waals surface area contributed by atoms with Crippen molar-refractivity contribution in [2.75, 3.05) is 40.9 Å². The average Bonchev–Trinajstić information content (AvgIpc) is 4.16. The first-order chi connectivity index (χ1) is 38.2. The first-order valence-electron chi connectivity index (χ1n) is 27.4. The van der Waals surface area contributed by atoms with Gasteiger partial charge in [-0.25, -0.2) is 9.97 Å². The monoisotopic (exact) mass is 1060 g/mol. The summed E-state index contributed by atoms with van der Waals surface area (Å²) in [4.78, 5) is 106. The van der Waals surface area contributed by atoms with Crippen molar-refractivity contribution in [2.45, 2.75) is 111 Å². The van der Waals surface area contributed by atoms with Gasteiger partial charge >= 0.3 is 0 Å². The molecule has 10 aliphatic rings. The first kappa shape index (κ1) is 50.0. The first-order valence-corrected chi connectivity index (χ1v) is 27.4. The number of benzene rings is 4. The number of anilines is 4. The Morgan fingerprint density at radius 2 is 1.03 bits per heavy atom. The third-order valence-corrected chi connectivity index (χ3v) is 18.9. The highest BCUT2D eigenvalue weighted by Crippen LogP contribution is 2.51. The van der Waals surface area contributed by atoms with Gasteiger partial charge in [-0.3, -0.25) is 33.6 Å².